The van der Waals surface area contributed by atoms with Gasteiger partial charge < -0.3 is 9.88 Å². The van der Waals surface area contributed by atoms with Crippen molar-refractivity contribution in [2.75, 3.05) is 6.54 Å². The molecule has 0 saturated carbocycles. The molecule has 3 aromatic carbocycles. The van der Waals surface area contributed by atoms with Crippen molar-refractivity contribution < 1.29 is 9.59 Å². The molecule has 2 saturated heterocycles. The second kappa shape index (κ2) is 13.7. The number of piperidine rings is 1. The van der Waals surface area contributed by atoms with Crippen LogP contribution in [-0.4, -0.2) is 39.8 Å². The van der Waals surface area contributed by atoms with Crippen LogP contribution < -0.4 is 5.32 Å². The van der Waals surface area contributed by atoms with Gasteiger partial charge in [-0.05, 0) is 79.8 Å². The average molecular weight is 651 g/mol. The van der Waals surface area contributed by atoms with Gasteiger partial charge in [0.1, 0.15) is 0 Å². The van der Waals surface area contributed by atoms with Crippen molar-refractivity contribution in [2.24, 2.45) is 5.92 Å². The van der Waals surface area contributed by atoms with E-state index in [-0.39, 0.29) is 11.7 Å². The molecule has 0 radical (unpaired) electrons. The Bertz CT molecular complexity index is 1670. The number of aryl methyl sites for hydroxylation is 2. The molecule has 3 atom stereocenters. The molecule has 1 aromatic heterocycles. The Labute approximate surface area is 274 Å². The lowest BCUT2D eigenvalue weighted by Crippen LogP contribution is -2.43. The van der Waals surface area contributed by atoms with Gasteiger partial charge in [-0.25, -0.2) is 0 Å². The molecule has 230 valence electrons. The molecule has 5 nitrogen and oxygen atoms in total. The van der Waals surface area contributed by atoms with E-state index < -0.39 is 0 Å². The molecule has 0 aliphatic carbocycles. The van der Waals surface area contributed by atoms with Crippen LogP contribution in [0.2, 0.25) is 15.1 Å². The molecule has 6 rings (SSSR count). The molecule has 3 heterocycles. The summed E-state index contributed by atoms with van der Waals surface area (Å²) < 4.78 is 2.28. The Hall–Kier alpha value is -2.83. The predicted octanol–water partition coefficient (Wildman–Crippen LogP) is 9.00. The topological polar surface area (TPSA) is 54.3 Å². The molecule has 0 unspecified atom stereocenters. The Balaban J connectivity index is 1.09. The van der Waals surface area contributed by atoms with E-state index in [4.69, 9.17) is 34.8 Å². The fourth-order valence-electron chi connectivity index (χ4n) is 7.39. The molecule has 1 N–H and O–H groups in total. The van der Waals surface area contributed by atoms with Crippen LogP contribution in [0.5, 0.6) is 0 Å². The van der Waals surface area contributed by atoms with Crippen molar-refractivity contribution in [1.29, 1.82) is 0 Å². The van der Waals surface area contributed by atoms with Gasteiger partial charge in [-0.1, -0.05) is 78.1 Å². The summed E-state index contributed by atoms with van der Waals surface area (Å²) in [5.74, 6) is 0.537. The summed E-state index contributed by atoms with van der Waals surface area (Å²) in [7, 11) is 0. The van der Waals surface area contributed by atoms with Crippen molar-refractivity contribution in [1.82, 2.24) is 14.8 Å². The Morgan fingerprint density at radius 1 is 0.909 bits per heavy atom. The minimum absolute atomic E-state index is 0.0967. The molecule has 2 aliphatic rings. The maximum atomic E-state index is 13.4. The summed E-state index contributed by atoms with van der Waals surface area (Å²) in [5, 5.41) is 5.65. The SMILES string of the molecule is CCc1cccc2c(C(=O)NCc3ccc(Cl)c(Cl)c3)cn(CCCN3[C@@H]4CC[C@H]3C[C@@H](CC(=O)c3cccc(Cl)c3)C4)c12. The van der Waals surface area contributed by atoms with Gasteiger partial charge in [-0.15, -0.1) is 0 Å². The standard InChI is InChI=1S/C36H38Cl3N3O2/c1-2-25-6-4-9-30-31(36(44)40-21-23-10-13-32(38)33(39)18-23)22-41(35(25)30)14-5-15-42-28-11-12-29(42)17-24(16-28)19-34(43)26-7-3-8-27(37)20-26/h3-4,6-10,13,18,20,22,24,28-29H,2,5,11-12,14-17,19,21H2,1H3,(H,40,44)/t24-,28+,29-. The fourth-order valence-corrected chi connectivity index (χ4v) is 7.90. The van der Waals surface area contributed by atoms with Gasteiger partial charge >= 0.3 is 0 Å². The third-order valence-corrected chi connectivity index (χ3v) is 10.4. The normalized spacial score (nSPS) is 19.9. The van der Waals surface area contributed by atoms with Crippen LogP contribution in [0, 0.1) is 5.92 Å². The van der Waals surface area contributed by atoms with Crippen LogP contribution in [0.25, 0.3) is 10.9 Å². The number of benzene rings is 3. The number of fused-ring (bicyclic) bond motifs is 3. The van der Waals surface area contributed by atoms with E-state index in [1.54, 1.807) is 18.2 Å². The maximum absolute atomic E-state index is 13.4. The second-order valence-corrected chi connectivity index (χ2v) is 13.5. The average Bonchev–Trinajstić information content (AvgIpc) is 3.50. The Kier molecular flexibility index (Phi) is 9.68. The number of hydrogen-bond acceptors (Lipinski definition) is 3. The molecule has 4 aromatic rings. The van der Waals surface area contributed by atoms with Crippen molar-refractivity contribution in [2.45, 2.75) is 77.0 Å². The lowest BCUT2D eigenvalue weighted by molar-refractivity contribution is 0.0807. The minimum atomic E-state index is -0.0967. The zero-order valence-corrected chi connectivity index (χ0v) is 27.3. The summed E-state index contributed by atoms with van der Waals surface area (Å²) in [4.78, 5) is 29.0. The van der Waals surface area contributed by atoms with E-state index >= 15 is 0 Å². The molecule has 1 amide bonds. The molecule has 0 spiro atoms. The summed E-state index contributed by atoms with van der Waals surface area (Å²) in [5.41, 5.74) is 4.71. The number of carbonyl (C=O) groups is 2. The third kappa shape index (κ3) is 6.72. The summed E-state index contributed by atoms with van der Waals surface area (Å²) in [6, 6.07) is 20.1. The largest absolute Gasteiger partial charge is 0.348 e. The zero-order valence-electron chi connectivity index (χ0n) is 25.0. The number of ketones is 1. The fraction of sp³-hybridized carbons (Fsp3) is 0.389. The van der Waals surface area contributed by atoms with Crippen molar-refractivity contribution >= 4 is 57.4 Å². The number of halogens is 3. The first-order valence-electron chi connectivity index (χ1n) is 15.7. The third-order valence-electron chi connectivity index (χ3n) is 9.46. The molecule has 2 aliphatic heterocycles. The summed E-state index contributed by atoms with van der Waals surface area (Å²) in [6.45, 7) is 4.41. The van der Waals surface area contributed by atoms with Gasteiger partial charge in [-0.3, -0.25) is 14.5 Å². The van der Waals surface area contributed by atoms with Gasteiger partial charge in [0.2, 0.25) is 0 Å². The van der Waals surface area contributed by atoms with E-state index in [2.05, 4.69) is 33.8 Å². The van der Waals surface area contributed by atoms with Gasteiger partial charge in [0, 0.05) is 60.3 Å². The van der Waals surface area contributed by atoms with E-state index in [1.807, 2.05) is 36.5 Å². The lowest BCUT2D eigenvalue weighted by Gasteiger charge is -2.39. The van der Waals surface area contributed by atoms with Crippen molar-refractivity contribution in [3.8, 4) is 0 Å². The van der Waals surface area contributed by atoms with Gasteiger partial charge in [0.05, 0.1) is 21.1 Å². The Morgan fingerprint density at radius 2 is 1.68 bits per heavy atom. The van der Waals surface area contributed by atoms with Crippen molar-refractivity contribution in [3.05, 3.63) is 104 Å². The first-order chi connectivity index (χ1) is 21.3. The van der Waals surface area contributed by atoms with Crippen LogP contribution in [0.3, 0.4) is 0 Å². The molecule has 2 fully saturated rings. The highest BCUT2D eigenvalue weighted by molar-refractivity contribution is 6.42. The van der Waals surface area contributed by atoms with Crippen LogP contribution in [0.15, 0.2) is 66.9 Å². The number of nitrogens with one attached hydrogen (secondary N) is 1. The highest BCUT2D eigenvalue weighted by Gasteiger charge is 2.40. The van der Waals surface area contributed by atoms with E-state index in [1.165, 1.54) is 18.4 Å². The van der Waals surface area contributed by atoms with E-state index in [0.717, 1.165) is 60.8 Å². The molecule has 2 bridgehead atoms. The highest BCUT2D eigenvalue weighted by Crippen LogP contribution is 2.40. The van der Waals surface area contributed by atoms with Crippen LogP contribution in [-0.2, 0) is 19.5 Å². The van der Waals surface area contributed by atoms with E-state index in [0.29, 0.717) is 51.6 Å². The number of hydrogen-bond donors (Lipinski definition) is 1. The summed E-state index contributed by atoms with van der Waals surface area (Å²) >= 11 is 18.4. The zero-order chi connectivity index (χ0) is 30.8. The quantitative estimate of drug-likeness (QED) is 0.165. The highest BCUT2D eigenvalue weighted by atomic mass is 35.5. The van der Waals surface area contributed by atoms with Crippen LogP contribution in [0.1, 0.15) is 77.3 Å². The smallest absolute Gasteiger partial charge is 0.253 e. The predicted molar refractivity (Wildman–Crippen MR) is 180 cm³/mol. The first-order valence-corrected chi connectivity index (χ1v) is 16.8. The number of rotatable bonds is 11. The second-order valence-electron chi connectivity index (χ2n) is 12.3. The minimum Gasteiger partial charge on any atom is -0.348 e. The first kappa shape index (κ1) is 31.2. The lowest BCUT2D eigenvalue weighted by atomic mass is 9.85. The molecular weight excluding hydrogens is 613 g/mol. The molecule has 8 heteroatoms. The van der Waals surface area contributed by atoms with Gasteiger partial charge in [-0.2, -0.15) is 0 Å². The Morgan fingerprint density at radius 3 is 2.41 bits per heavy atom. The maximum Gasteiger partial charge on any atom is 0.253 e. The number of nitrogens with zero attached hydrogens (tertiary/aromatic N) is 2. The number of carbonyl (C=O) groups excluding carboxylic acids is 2. The van der Waals surface area contributed by atoms with Crippen molar-refractivity contribution in [3.63, 3.8) is 0 Å². The molecule has 44 heavy (non-hydrogen) atoms. The number of amides is 1. The number of para-hydroxylation sites is 1. The van der Waals surface area contributed by atoms with Crippen LogP contribution >= 0.6 is 34.8 Å². The van der Waals surface area contributed by atoms with Gasteiger partial charge in [0.15, 0.2) is 5.78 Å². The molecular formula is C36H38Cl3N3O2. The van der Waals surface area contributed by atoms with Gasteiger partial charge in [0.25, 0.3) is 5.91 Å². The number of aromatic nitrogens is 1. The van der Waals surface area contributed by atoms with E-state index in [9.17, 15) is 9.59 Å². The van der Waals surface area contributed by atoms with Crippen LogP contribution in [0.4, 0.5) is 0 Å². The monoisotopic (exact) mass is 649 g/mol. The summed E-state index contributed by atoms with van der Waals surface area (Å²) in [6.07, 6.45) is 9.12. The number of Topliss-reactive ketones (excluding diaryl/α,β-unsaturated/α-hetero) is 1.